The molecule has 0 saturated heterocycles. The van der Waals surface area contributed by atoms with E-state index >= 15 is 0 Å². The van der Waals surface area contributed by atoms with Crippen molar-refractivity contribution in [3.8, 4) is 28.7 Å². The Balaban J connectivity index is 1.37. The summed E-state index contributed by atoms with van der Waals surface area (Å²) >= 11 is 0. The number of hydrogen-bond acceptors (Lipinski definition) is 9. The highest BCUT2D eigenvalue weighted by Gasteiger charge is 2.49. The molecular weight excluding hydrogens is 496 g/mol. The van der Waals surface area contributed by atoms with Crippen LogP contribution in [0.25, 0.3) is 0 Å². The normalized spacial score (nSPS) is 25.4. The van der Waals surface area contributed by atoms with E-state index in [-0.39, 0.29) is 43.0 Å². The van der Waals surface area contributed by atoms with Gasteiger partial charge < -0.3 is 44.0 Å². The highest BCUT2D eigenvalue weighted by molar-refractivity contribution is 5.90. The summed E-state index contributed by atoms with van der Waals surface area (Å²) in [4.78, 5) is 13.6. The highest BCUT2D eigenvalue weighted by atomic mass is 19.3. The Kier molecular flexibility index (Phi) is 6.50. The minimum Gasteiger partial charge on any atom is -0.497 e. The Morgan fingerprint density at radius 1 is 1.19 bits per heavy atom. The van der Waals surface area contributed by atoms with Crippen LogP contribution in [-0.2, 0) is 14.9 Å². The van der Waals surface area contributed by atoms with Crippen LogP contribution < -0.4 is 29.0 Å². The van der Waals surface area contributed by atoms with Crippen molar-refractivity contribution in [2.24, 2.45) is 0 Å². The van der Waals surface area contributed by atoms with E-state index in [4.69, 9.17) is 24.1 Å². The lowest BCUT2D eigenvalue weighted by Gasteiger charge is -2.34. The summed E-state index contributed by atoms with van der Waals surface area (Å²) in [6.07, 6.45) is -4.90. The van der Waals surface area contributed by atoms with Gasteiger partial charge in [0, 0.05) is 29.7 Å². The number of hydrogen-bond donors (Lipinski definition) is 3. The number of nitrogens with one attached hydrogen (secondary N) is 1. The highest BCUT2D eigenvalue weighted by Crippen LogP contribution is 2.50. The van der Waals surface area contributed by atoms with Crippen molar-refractivity contribution in [3.05, 3.63) is 41.5 Å². The first-order valence-electron chi connectivity index (χ1n) is 11.7. The fourth-order valence-electron chi connectivity index (χ4n) is 4.61. The Bertz CT molecular complexity index is 1190. The molecule has 0 fully saturated rings. The van der Waals surface area contributed by atoms with Crippen molar-refractivity contribution in [3.63, 3.8) is 0 Å². The van der Waals surface area contributed by atoms with Crippen LogP contribution >= 0.6 is 0 Å². The molecule has 0 radical (unpaired) electrons. The molecule has 0 unspecified atom stereocenters. The summed E-state index contributed by atoms with van der Waals surface area (Å²) in [5.41, 5.74) is -0.0490. The molecule has 0 bridgehead atoms. The molecule has 10 nitrogen and oxygen atoms in total. The molecule has 4 atom stereocenters. The van der Waals surface area contributed by atoms with Crippen molar-refractivity contribution in [2.45, 2.75) is 43.3 Å². The second-order valence-corrected chi connectivity index (χ2v) is 9.36. The minimum absolute atomic E-state index is 0.00225. The predicted molar refractivity (Wildman–Crippen MR) is 122 cm³/mol. The molecule has 3 heterocycles. The van der Waals surface area contributed by atoms with Gasteiger partial charge in [-0.1, -0.05) is 0 Å². The fourth-order valence-corrected chi connectivity index (χ4v) is 4.61. The zero-order valence-corrected chi connectivity index (χ0v) is 20.2. The van der Waals surface area contributed by atoms with Gasteiger partial charge in [-0.25, -0.2) is 0 Å². The van der Waals surface area contributed by atoms with Gasteiger partial charge in [0.25, 0.3) is 0 Å². The summed E-state index contributed by atoms with van der Waals surface area (Å²) in [6.45, 7) is 1.28. The third kappa shape index (κ3) is 4.83. The summed E-state index contributed by atoms with van der Waals surface area (Å²) in [6, 6.07) is 7.44. The minimum atomic E-state index is -3.78. The molecule has 0 aromatic heterocycles. The number of aliphatic hydroxyl groups is 2. The van der Waals surface area contributed by atoms with E-state index < -0.39 is 36.6 Å². The number of halogens is 2. The van der Waals surface area contributed by atoms with Crippen molar-refractivity contribution in [2.75, 3.05) is 33.5 Å². The molecule has 0 saturated carbocycles. The van der Waals surface area contributed by atoms with Crippen LogP contribution in [0.2, 0.25) is 0 Å². The Morgan fingerprint density at radius 2 is 1.95 bits per heavy atom. The van der Waals surface area contributed by atoms with Gasteiger partial charge in [-0.05, 0) is 25.1 Å². The summed E-state index contributed by atoms with van der Waals surface area (Å²) < 4.78 is 58.7. The van der Waals surface area contributed by atoms with Crippen LogP contribution in [0.15, 0.2) is 30.3 Å². The molecule has 2 aromatic carbocycles. The summed E-state index contributed by atoms with van der Waals surface area (Å²) in [5.74, 6) is 0.642. The molecule has 200 valence electrons. The largest absolute Gasteiger partial charge is 0.586 e. The predicted octanol–water partition coefficient (Wildman–Crippen LogP) is 2.05. The van der Waals surface area contributed by atoms with Crippen molar-refractivity contribution < 1.29 is 52.2 Å². The third-order valence-corrected chi connectivity index (χ3v) is 6.63. The van der Waals surface area contributed by atoms with E-state index in [2.05, 4.69) is 14.8 Å². The van der Waals surface area contributed by atoms with Gasteiger partial charge in [0.2, 0.25) is 5.91 Å². The van der Waals surface area contributed by atoms with E-state index in [1.165, 1.54) is 19.2 Å². The van der Waals surface area contributed by atoms with E-state index in [0.717, 1.165) is 5.56 Å². The number of ether oxygens (including phenoxy) is 6. The molecule has 12 heteroatoms. The van der Waals surface area contributed by atoms with Crippen LogP contribution in [0.1, 0.15) is 30.5 Å². The van der Waals surface area contributed by atoms with Gasteiger partial charge in [0.15, 0.2) is 11.5 Å². The number of fused-ring (bicyclic) bond motifs is 3. The quantitative estimate of drug-likeness (QED) is 0.477. The fraction of sp³-hybridized carbons (Fsp3) is 0.480. The maximum Gasteiger partial charge on any atom is 0.586 e. The van der Waals surface area contributed by atoms with E-state index in [1.807, 2.05) is 0 Å². The smallest absolute Gasteiger partial charge is 0.497 e. The van der Waals surface area contributed by atoms with E-state index in [9.17, 15) is 18.7 Å². The second kappa shape index (κ2) is 9.51. The molecule has 0 aliphatic carbocycles. The monoisotopic (exact) mass is 523 g/mol. The van der Waals surface area contributed by atoms with Crippen LogP contribution in [0.3, 0.4) is 0 Å². The average Bonchev–Trinajstić information content (AvgIpc) is 3.36. The Morgan fingerprint density at radius 3 is 2.68 bits per heavy atom. The van der Waals surface area contributed by atoms with Gasteiger partial charge in [0.05, 0.1) is 33.0 Å². The number of carbonyl (C=O) groups is 1. The van der Waals surface area contributed by atoms with Gasteiger partial charge in [-0.2, -0.15) is 0 Å². The molecule has 3 aliphatic heterocycles. The number of benzene rings is 2. The number of alkyl halides is 2. The molecule has 3 aliphatic rings. The van der Waals surface area contributed by atoms with Crippen LogP contribution in [0.5, 0.6) is 28.7 Å². The lowest BCUT2D eigenvalue weighted by Crippen LogP contribution is -2.47. The van der Waals surface area contributed by atoms with Gasteiger partial charge in [-0.3, -0.25) is 4.79 Å². The maximum atomic E-state index is 13.6. The van der Waals surface area contributed by atoms with E-state index in [1.54, 1.807) is 25.1 Å². The lowest BCUT2D eigenvalue weighted by molar-refractivity contribution is -0.286. The SMILES string of the molecule is COc1ccc2c(c1)O[C@@H](COC[C@H](O)CO)C[C@H]2NC(=O)[C@@]1(C)COc2cc3c(cc21)OC(F)(F)O3. The zero-order chi connectivity index (χ0) is 26.4. The first kappa shape index (κ1) is 25.3. The van der Waals surface area contributed by atoms with Gasteiger partial charge in [0.1, 0.15) is 41.5 Å². The topological polar surface area (TPSA) is 125 Å². The first-order valence-corrected chi connectivity index (χ1v) is 11.7. The number of aliphatic hydroxyl groups excluding tert-OH is 2. The molecule has 5 rings (SSSR count). The van der Waals surface area contributed by atoms with Crippen LogP contribution in [-0.4, -0.2) is 68.2 Å². The molecule has 3 N–H and O–H groups in total. The average molecular weight is 523 g/mol. The third-order valence-electron chi connectivity index (χ3n) is 6.63. The summed E-state index contributed by atoms with van der Waals surface area (Å²) in [5, 5.41) is 21.6. The standard InChI is InChI=1S/C25H27F2NO9/c1-24(12-34-20-8-22-21(7-17(20)24)36-25(26,27)37-22)23(31)28-18-5-15(11-33-10-13(30)9-29)35-19-6-14(32-2)3-4-16(18)19/h3-4,6-8,13,15,18,29-30H,5,9-12H2,1-2H3,(H,28,31)/t13-,15-,18-,24+/m1/s1. The maximum absolute atomic E-state index is 13.6. The molecule has 0 spiro atoms. The molecule has 37 heavy (non-hydrogen) atoms. The molecule has 2 aromatic rings. The van der Waals surface area contributed by atoms with Crippen molar-refractivity contribution in [1.29, 1.82) is 0 Å². The Labute approximate surface area is 211 Å². The van der Waals surface area contributed by atoms with E-state index in [0.29, 0.717) is 23.5 Å². The zero-order valence-electron chi connectivity index (χ0n) is 20.2. The first-order chi connectivity index (χ1) is 17.6. The molecule has 1 amide bonds. The number of methoxy groups -OCH3 is 1. The number of carbonyl (C=O) groups excluding carboxylic acids is 1. The lowest BCUT2D eigenvalue weighted by atomic mass is 9.82. The van der Waals surface area contributed by atoms with Crippen molar-refractivity contribution in [1.82, 2.24) is 5.32 Å². The van der Waals surface area contributed by atoms with Crippen molar-refractivity contribution >= 4 is 5.91 Å². The summed E-state index contributed by atoms with van der Waals surface area (Å²) in [7, 11) is 1.53. The van der Waals surface area contributed by atoms with Gasteiger partial charge in [-0.15, -0.1) is 8.78 Å². The Hall–Kier alpha value is -3.35. The second-order valence-electron chi connectivity index (χ2n) is 9.36. The number of amides is 1. The van der Waals surface area contributed by atoms with Crippen LogP contribution in [0, 0.1) is 0 Å². The number of rotatable bonds is 8. The van der Waals surface area contributed by atoms with Crippen LogP contribution in [0.4, 0.5) is 8.78 Å². The molecular formula is C25H27F2NO9. The van der Waals surface area contributed by atoms with Gasteiger partial charge >= 0.3 is 6.29 Å².